The first-order valence-electron chi connectivity index (χ1n) is 11.3. The lowest BCUT2D eigenvalue weighted by atomic mass is 10.0. The molecule has 188 valence electrons. The number of aromatic amines is 1. The van der Waals surface area contributed by atoms with Crippen molar-refractivity contribution in [1.29, 1.82) is 0 Å². The van der Waals surface area contributed by atoms with Crippen LogP contribution in [0.2, 0.25) is 10.0 Å². The van der Waals surface area contributed by atoms with E-state index in [1.807, 2.05) is 16.7 Å². The lowest BCUT2D eigenvalue weighted by Gasteiger charge is -2.40. The zero-order chi connectivity index (χ0) is 25.6. The number of imidazole rings is 1. The van der Waals surface area contributed by atoms with Crippen LogP contribution in [0.15, 0.2) is 48.7 Å². The molecule has 2 aromatic heterocycles. The second kappa shape index (κ2) is 9.46. The van der Waals surface area contributed by atoms with Crippen LogP contribution in [0.25, 0.3) is 22.2 Å². The van der Waals surface area contributed by atoms with Gasteiger partial charge in [-0.05, 0) is 48.4 Å². The third-order valence-corrected chi connectivity index (χ3v) is 6.85. The molecule has 0 saturated carbocycles. The van der Waals surface area contributed by atoms with Gasteiger partial charge in [-0.25, -0.2) is 9.97 Å². The summed E-state index contributed by atoms with van der Waals surface area (Å²) in [6, 6.07) is 10.5. The number of aromatic nitrogens is 3. The number of fused-ring (bicyclic) bond motifs is 1. The maximum absolute atomic E-state index is 13.7. The quantitative estimate of drug-likeness (QED) is 0.327. The van der Waals surface area contributed by atoms with E-state index in [-0.39, 0.29) is 12.6 Å². The Hall–Kier alpha value is -3.01. The second-order valence-electron chi connectivity index (χ2n) is 8.78. The van der Waals surface area contributed by atoms with Crippen molar-refractivity contribution in [2.75, 3.05) is 29.4 Å². The van der Waals surface area contributed by atoms with Crippen molar-refractivity contribution >= 4 is 46.0 Å². The highest BCUT2D eigenvalue weighted by Gasteiger charge is 2.33. The molecule has 0 aliphatic carbocycles. The van der Waals surface area contributed by atoms with Crippen LogP contribution in [0.3, 0.4) is 0 Å². The van der Waals surface area contributed by atoms with E-state index >= 15 is 0 Å². The van der Waals surface area contributed by atoms with Crippen molar-refractivity contribution in [1.82, 2.24) is 15.0 Å². The molecule has 1 aliphatic heterocycles. The Balaban J connectivity index is 1.48. The highest BCUT2D eigenvalue weighted by atomic mass is 35.5. The number of nitrogens with one attached hydrogen (secondary N) is 1. The van der Waals surface area contributed by atoms with E-state index in [0.717, 1.165) is 12.1 Å². The Labute approximate surface area is 215 Å². The smallest absolute Gasteiger partial charge is 0.392 e. The minimum Gasteiger partial charge on any atom is -0.392 e. The summed E-state index contributed by atoms with van der Waals surface area (Å²) >= 11 is 12.4. The van der Waals surface area contributed by atoms with Gasteiger partial charge in [-0.1, -0.05) is 35.3 Å². The van der Waals surface area contributed by atoms with Gasteiger partial charge in [-0.15, -0.1) is 0 Å². The van der Waals surface area contributed by atoms with Crippen molar-refractivity contribution in [3.63, 3.8) is 0 Å². The molecule has 0 radical (unpaired) electrons. The Morgan fingerprint density at radius 3 is 2.50 bits per heavy atom. The number of aliphatic hydroxyl groups excluding tert-OH is 1. The van der Waals surface area contributed by atoms with E-state index in [1.165, 1.54) is 0 Å². The summed E-state index contributed by atoms with van der Waals surface area (Å²) in [5.74, 6) is 1.13. The third kappa shape index (κ3) is 4.70. The van der Waals surface area contributed by atoms with E-state index in [9.17, 15) is 18.3 Å². The zero-order valence-electron chi connectivity index (χ0n) is 19.2. The fraction of sp³-hybridized carbons (Fsp3) is 0.280. The van der Waals surface area contributed by atoms with E-state index in [2.05, 4.69) is 9.97 Å². The summed E-state index contributed by atoms with van der Waals surface area (Å²) in [5.41, 5.74) is 1.62. The predicted molar refractivity (Wildman–Crippen MR) is 136 cm³/mol. The van der Waals surface area contributed by atoms with Crippen LogP contribution < -0.4 is 9.80 Å². The third-order valence-electron chi connectivity index (χ3n) is 6.32. The number of benzene rings is 2. The first-order chi connectivity index (χ1) is 17.1. The van der Waals surface area contributed by atoms with Crippen LogP contribution in [-0.4, -0.2) is 45.7 Å². The molecule has 3 heterocycles. The van der Waals surface area contributed by atoms with E-state index < -0.39 is 11.7 Å². The Kier molecular flexibility index (Phi) is 6.48. The van der Waals surface area contributed by atoms with Gasteiger partial charge in [0, 0.05) is 42.5 Å². The molecule has 6 nitrogen and oxygen atoms in total. The number of piperazine rings is 1. The second-order valence-corrected chi connectivity index (χ2v) is 9.62. The summed E-state index contributed by atoms with van der Waals surface area (Å²) in [7, 11) is 0. The highest BCUT2D eigenvalue weighted by molar-refractivity contribution is 6.33. The van der Waals surface area contributed by atoms with Crippen LogP contribution in [0.5, 0.6) is 0 Å². The molecule has 1 aliphatic rings. The summed E-state index contributed by atoms with van der Waals surface area (Å²) in [6.45, 7) is 3.60. The van der Waals surface area contributed by atoms with Gasteiger partial charge in [0.1, 0.15) is 5.82 Å². The molecular weight excluding hydrogens is 514 g/mol. The number of alkyl halides is 3. The Morgan fingerprint density at radius 1 is 1.11 bits per heavy atom. The van der Waals surface area contributed by atoms with Crippen LogP contribution >= 0.6 is 23.2 Å². The molecule has 5 rings (SSSR count). The lowest BCUT2D eigenvalue weighted by Crippen LogP contribution is -2.52. The molecule has 1 unspecified atom stereocenters. The molecule has 0 amide bonds. The molecule has 2 aromatic carbocycles. The summed E-state index contributed by atoms with van der Waals surface area (Å²) in [5, 5.41) is 10.2. The minimum absolute atomic E-state index is 0.0317. The monoisotopic (exact) mass is 535 g/mol. The normalized spacial score (nSPS) is 16.7. The predicted octanol–water partition coefficient (Wildman–Crippen LogP) is 6.16. The van der Waals surface area contributed by atoms with Gasteiger partial charge >= 0.3 is 6.18 Å². The molecule has 2 N–H and O–H groups in total. The fourth-order valence-electron chi connectivity index (χ4n) is 4.51. The molecule has 36 heavy (non-hydrogen) atoms. The van der Waals surface area contributed by atoms with Gasteiger partial charge in [-0.3, -0.25) is 0 Å². The molecule has 1 atom stereocenters. The largest absolute Gasteiger partial charge is 0.416 e. The number of hydrogen-bond donors (Lipinski definition) is 2. The molecule has 1 saturated heterocycles. The van der Waals surface area contributed by atoms with Gasteiger partial charge in [0.25, 0.3) is 0 Å². The fourth-order valence-corrected chi connectivity index (χ4v) is 4.94. The first-order valence-corrected chi connectivity index (χ1v) is 12.0. The van der Waals surface area contributed by atoms with Gasteiger partial charge in [0.15, 0.2) is 0 Å². The van der Waals surface area contributed by atoms with Crippen LogP contribution in [-0.2, 0) is 12.8 Å². The summed E-state index contributed by atoms with van der Waals surface area (Å²) < 4.78 is 41.0. The van der Waals surface area contributed by atoms with Crippen molar-refractivity contribution in [3.05, 3.63) is 69.8 Å². The minimum atomic E-state index is -4.50. The maximum Gasteiger partial charge on any atom is 0.416 e. The highest BCUT2D eigenvalue weighted by Crippen LogP contribution is 2.38. The van der Waals surface area contributed by atoms with Crippen molar-refractivity contribution in [3.8, 4) is 11.1 Å². The zero-order valence-corrected chi connectivity index (χ0v) is 20.7. The molecule has 11 heteroatoms. The van der Waals surface area contributed by atoms with E-state index in [4.69, 9.17) is 28.2 Å². The number of rotatable bonds is 4. The summed E-state index contributed by atoms with van der Waals surface area (Å²) in [6.07, 6.45) is -2.91. The number of hydrogen-bond acceptors (Lipinski definition) is 5. The molecule has 0 spiro atoms. The van der Waals surface area contributed by atoms with Gasteiger partial charge < -0.3 is 19.9 Å². The van der Waals surface area contributed by atoms with Crippen LogP contribution in [0, 0.1) is 0 Å². The number of pyridine rings is 1. The lowest BCUT2D eigenvalue weighted by molar-refractivity contribution is -0.137. The standard InChI is InChI=1S/C25H22Cl2F3N5O/c1-14-12-34(23-20(27)8-15(13-36)11-31-23)6-7-35(14)24-32-21-10-17(25(28,29)30)9-19(22(21)33-24)16-2-4-18(26)5-3-16/h2-5,8-11,14,36H,6-7,12-13H2,1H3,(H,32,33). The molecule has 0 bridgehead atoms. The van der Waals surface area contributed by atoms with Crippen molar-refractivity contribution in [2.24, 2.45) is 0 Å². The molecular formula is C25H22Cl2F3N5O. The average molecular weight is 536 g/mol. The Bertz CT molecular complexity index is 1410. The first kappa shape index (κ1) is 24.7. The SMILES string of the molecule is CC1CN(c2ncc(CO)cc2Cl)CCN1c1nc2c(-c3ccc(Cl)cc3)cc(C(F)(F)F)cc2[nH]1. The number of halogens is 5. The average Bonchev–Trinajstić information content (AvgIpc) is 3.27. The van der Waals surface area contributed by atoms with Gasteiger partial charge in [0.2, 0.25) is 5.95 Å². The molecule has 4 aromatic rings. The van der Waals surface area contributed by atoms with Gasteiger partial charge in [0.05, 0.1) is 28.2 Å². The number of anilines is 2. The van der Waals surface area contributed by atoms with E-state index in [0.29, 0.717) is 69.2 Å². The molecule has 1 fully saturated rings. The summed E-state index contributed by atoms with van der Waals surface area (Å²) in [4.78, 5) is 16.3. The van der Waals surface area contributed by atoms with Crippen LogP contribution in [0.4, 0.5) is 24.9 Å². The number of nitrogens with zero attached hydrogens (tertiary/aromatic N) is 4. The number of aliphatic hydroxyl groups is 1. The van der Waals surface area contributed by atoms with Crippen molar-refractivity contribution in [2.45, 2.75) is 25.7 Å². The maximum atomic E-state index is 13.7. The van der Waals surface area contributed by atoms with Gasteiger partial charge in [-0.2, -0.15) is 13.2 Å². The van der Waals surface area contributed by atoms with Crippen molar-refractivity contribution < 1.29 is 18.3 Å². The Morgan fingerprint density at radius 2 is 1.86 bits per heavy atom. The number of H-pyrrole nitrogens is 1. The topological polar surface area (TPSA) is 68.3 Å². The van der Waals surface area contributed by atoms with E-state index in [1.54, 1.807) is 36.5 Å². The van der Waals surface area contributed by atoms with Crippen LogP contribution in [0.1, 0.15) is 18.1 Å².